The molecule has 0 spiro atoms. The van der Waals surface area contributed by atoms with Crippen LogP contribution in [0.1, 0.15) is 24.7 Å². The molecule has 0 aliphatic heterocycles. The molecule has 0 aliphatic carbocycles. The van der Waals surface area contributed by atoms with Gasteiger partial charge in [-0.25, -0.2) is 13.0 Å². The van der Waals surface area contributed by atoms with E-state index < -0.39 is 27.6 Å². The molecule has 1 heterocycles. The maximum atomic E-state index is 13.4. The van der Waals surface area contributed by atoms with E-state index in [1.54, 1.807) is 30.3 Å². The number of carbonyl (C=O) groups is 1. The Morgan fingerprint density at radius 3 is 2.44 bits per heavy atom. The normalized spacial score (nSPS) is 12.4. The van der Waals surface area contributed by atoms with Gasteiger partial charge in [-0.2, -0.15) is 17.7 Å². The van der Waals surface area contributed by atoms with E-state index in [1.807, 2.05) is 0 Å². The van der Waals surface area contributed by atoms with Gasteiger partial charge in [0.05, 0.1) is 28.4 Å². The van der Waals surface area contributed by atoms with Crippen molar-refractivity contribution >= 4 is 45.0 Å². The van der Waals surface area contributed by atoms with Gasteiger partial charge < -0.3 is 4.55 Å². The third-order valence-electron chi connectivity index (χ3n) is 5.08. The summed E-state index contributed by atoms with van der Waals surface area (Å²) in [7, 11) is -4.50. The summed E-state index contributed by atoms with van der Waals surface area (Å²) in [6.45, 7) is 5.05. The predicted molar refractivity (Wildman–Crippen MR) is 121 cm³/mol. The molecule has 3 aromatic rings. The lowest BCUT2D eigenvalue weighted by atomic mass is 10.2. The van der Waals surface area contributed by atoms with Gasteiger partial charge in [0.25, 0.3) is 5.82 Å². The monoisotopic (exact) mass is 493 g/mol. The van der Waals surface area contributed by atoms with Crippen molar-refractivity contribution in [3.05, 3.63) is 72.7 Å². The first-order valence-corrected chi connectivity index (χ1v) is 11.7. The smallest absolute Gasteiger partial charge is 0.416 e. The van der Waals surface area contributed by atoms with Crippen LogP contribution in [0.2, 0.25) is 0 Å². The third kappa shape index (κ3) is 5.72. The molecule has 0 fully saturated rings. The number of hydrogen-bond donors (Lipinski definition) is 0. The second-order valence-electron chi connectivity index (χ2n) is 7.42. The van der Waals surface area contributed by atoms with Crippen molar-refractivity contribution in [2.24, 2.45) is 0 Å². The first kappa shape index (κ1) is 25.2. The highest BCUT2D eigenvalue weighted by Crippen LogP contribution is 2.31. The Morgan fingerprint density at radius 2 is 1.88 bits per heavy atom. The lowest BCUT2D eigenvalue weighted by Gasteiger charge is -2.15. The molecule has 0 saturated carbocycles. The Hall–Kier alpha value is -3.44. The highest BCUT2D eigenvalue weighted by Gasteiger charge is 2.33. The first-order valence-electron chi connectivity index (χ1n) is 10.2. The number of fused-ring (bicyclic) bond motifs is 1. The van der Waals surface area contributed by atoms with Crippen LogP contribution in [0.3, 0.4) is 0 Å². The summed E-state index contributed by atoms with van der Waals surface area (Å²) in [4.78, 5) is 13.6. The Kier molecular flexibility index (Phi) is 7.27. The summed E-state index contributed by atoms with van der Waals surface area (Å²) in [5.41, 5.74) is 0.265. The summed E-state index contributed by atoms with van der Waals surface area (Å²) in [6, 6.07) is 11.9. The number of anilines is 1. The zero-order valence-corrected chi connectivity index (χ0v) is 19.0. The molecule has 2 aromatic carbocycles. The zero-order valence-electron chi connectivity index (χ0n) is 18.2. The van der Waals surface area contributed by atoms with Crippen LogP contribution < -0.4 is 9.47 Å². The molecular formula is C23H22F3N3O4S. The molecular weight excluding hydrogens is 471 g/mol. The minimum Gasteiger partial charge on any atom is -0.748 e. The predicted octanol–water partition coefficient (Wildman–Crippen LogP) is 4.01. The molecule has 3 rings (SSSR count). The highest BCUT2D eigenvalue weighted by molar-refractivity contribution is 7.85. The molecule has 11 heteroatoms. The molecule has 1 aromatic heterocycles. The van der Waals surface area contributed by atoms with Gasteiger partial charge in [0, 0.05) is 36.7 Å². The van der Waals surface area contributed by atoms with E-state index in [4.69, 9.17) is 0 Å². The number of hydrogen-bond acceptors (Lipinski definition) is 4. The maximum Gasteiger partial charge on any atom is 0.416 e. The van der Waals surface area contributed by atoms with Crippen molar-refractivity contribution in [2.75, 3.05) is 10.7 Å². The summed E-state index contributed by atoms with van der Waals surface area (Å²) >= 11 is 0. The average Bonchev–Trinajstić information content (AvgIpc) is 3.05. The van der Waals surface area contributed by atoms with E-state index in [9.17, 15) is 30.9 Å². The van der Waals surface area contributed by atoms with E-state index in [0.29, 0.717) is 17.0 Å². The maximum absolute atomic E-state index is 13.4. The lowest BCUT2D eigenvalue weighted by molar-refractivity contribution is -0.542. The molecule has 7 nitrogen and oxygen atoms in total. The topological polar surface area (TPSA) is 86.3 Å². The molecule has 0 unspecified atom stereocenters. The van der Waals surface area contributed by atoms with E-state index in [1.165, 1.54) is 45.5 Å². The number of rotatable bonds is 8. The molecule has 180 valence electrons. The van der Waals surface area contributed by atoms with Crippen molar-refractivity contribution in [3.63, 3.8) is 0 Å². The highest BCUT2D eigenvalue weighted by atomic mass is 32.2. The van der Waals surface area contributed by atoms with E-state index in [0.717, 1.165) is 12.1 Å². The van der Waals surface area contributed by atoms with Gasteiger partial charge in [-0.05, 0) is 30.7 Å². The van der Waals surface area contributed by atoms with Crippen molar-refractivity contribution in [3.8, 4) is 0 Å². The summed E-state index contributed by atoms with van der Waals surface area (Å²) < 4.78 is 76.3. The number of aromatic nitrogens is 2. The fourth-order valence-corrected chi connectivity index (χ4v) is 4.08. The second-order valence-corrected chi connectivity index (χ2v) is 8.94. The fourth-order valence-electron chi connectivity index (χ4n) is 3.60. The van der Waals surface area contributed by atoms with Crippen molar-refractivity contribution in [1.29, 1.82) is 0 Å². The number of benzene rings is 2. The van der Waals surface area contributed by atoms with Gasteiger partial charge in [-0.1, -0.05) is 24.8 Å². The van der Waals surface area contributed by atoms with Crippen molar-refractivity contribution < 1.29 is 35.5 Å². The number of carbonyl (C=O) groups excluding carboxylic acids is 1. The number of nitrogens with zero attached hydrogens (tertiary/aromatic N) is 3. The largest absolute Gasteiger partial charge is 0.748 e. The molecule has 1 amide bonds. The van der Waals surface area contributed by atoms with Crippen LogP contribution in [0, 0.1) is 0 Å². The van der Waals surface area contributed by atoms with Crippen LogP contribution in [0.5, 0.6) is 0 Å². The average molecular weight is 494 g/mol. The molecule has 0 radical (unpaired) electrons. The van der Waals surface area contributed by atoms with Crippen LogP contribution in [-0.2, 0) is 27.6 Å². The number of aryl methyl sites for hydroxylation is 1. The lowest BCUT2D eigenvalue weighted by Crippen LogP contribution is -2.30. The Labute approximate surface area is 194 Å². The Morgan fingerprint density at radius 1 is 1.21 bits per heavy atom. The number of halogens is 3. The fraction of sp³-hybridized carbons (Fsp3) is 0.217. The Bertz CT molecular complexity index is 1350. The van der Waals surface area contributed by atoms with Gasteiger partial charge in [-0.3, -0.25) is 9.69 Å². The van der Waals surface area contributed by atoms with Gasteiger partial charge in [0.1, 0.15) is 0 Å². The van der Waals surface area contributed by atoms with Crippen LogP contribution in [0.15, 0.2) is 61.3 Å². The number of amides is 1. The van der Waals surface area contributed by atoms with Crippen molar-refractivity contribution in [2.45, 2.75) is 26.1 Å². The standard InChI is InChI=1S/C23H22F3N3O4S/c1-3-27-20-11-10-18(23(24,25)26)16-21(20)29(13-7-15-34(31,32)33)22(27)12-14-28(17(2)30)19-8-5-4-6-9-19/h3-6,8-12,14,16H,1,7,13,15H2,2H3. The number of para-hydroxylation sites is 1. The summed E-state index contributed by atoms with van der Waals surface area (Å²) in [6.07, 6.45) is -0.308. The molecule has 0 N–H and O–H groups in total. The first-order chi connectivity index (χ1) is 15.9. The molecule has 0 atom stereocenters. The van der Waals surface area contributed by atoms with Crippen molar-refractivity contribution in [1.82, 2.24) is 4.57 Å². The SMILES string of the molecule is C=C[n+]1c(C=CN(C(C)=O)c2ccccc2)n(CCCS(=O)(=O)[O-])c2cc(C(F)(F)F)ccc21. The number of imidazole rings is 1. The summed E-state index contributed by atoms with van der Waals surface area (Å²) in [5.74, 6) is -0.631. The molecule has 0 bridgehead atoms. The van der Waals surface area contributed by atoms with Crippen LogP contribution in [0.4, 0.5) is 18.9 Å². The molecule has 34 heavy (non-hydrogen) atoms. The molecule has 0 saturated heterocycles. The second kappa shape index (κ2) is 9.82. The summed E-state index contributed by atoms with van der Waals surface area (Å²) in [5, 5.41) is 0. The van der Waals surface area contributed by atoms with E-state index in [-0.39, 0.29) is 24.4 Å². The number of alkyl halides is 3. The quantitative estimate of drug-likeness (QED) is 0.351. The van der Waals surface area contributed by atoms with Crippen LogP contribution in [0.25, 0.3) is 23.3 Å². The molecule has 0 aliphatic rings. The minimum atomic E-state index is -4.59. The van der Waals surface area contributed by atoms with Gasteiger partial charge in [-0.15, -0.1) is 0 Å². The zero-order chi connectivity index (χ0) is 25.1. The third-order valence-corrected chi connectivity index (χ3v) is 5.87. The van der Waals surface area contributed by atoms with E-state index >= 15 is 0 Å². The Balaban J connectivity index is 2.17. The van der Waals surface area contributed by atoms with Crippen LogP contribution in [-0.4, -0.2) is 29.2 Å². The van der Waals surface area contributed by atoms with Crippen LogP contribution >= 0.6 is 0 Å². The van der Waals surface area contributed by atoms with E-state index in [2.05, 4.69) is 6.58 Å². The van der Waals surface area contributed by atoms with Gasteiger partial charge >= 0.3 is 6.18 Å². The van der Waals surface area contributed by atoms with Gasteiger partial charge in [0.15, 0.2) is 11.0 Å². The minimum absolute atomic E-state index is 0.0504. The van der Waals surface area contributed by atoms with Gasteiger partial charge in [0.2, 0.25) is 5.91 Å².